The van der Waals surface area contributed by atoms with Crippen LogP contribution in [0.1, 0.15) is 36.9 Å². The van der Waals surface area contributed by atoms with Crippen LogP contribution in [0.3, 0.4) is 0 Å². The number of methoxy groups -OCH3 is 1. The fourth-order valence-corrected chi connectivity index (χ4v) is 2.21. The molecule has 3 heteroatoms. The molecule has 0 aliphatic carbocycles. The molecule has 2 atom stereocenters. The van der Waals surface area contributed by atoms with Gasteiger partial charge in [-0.05, 0) is 37.1 Å². The zero-order valence-corrected chi connectivity index (χ0v) is 12.7. The Morgan fingerprint density at radius 2 is 1.57 bits per heavy atom. The van der Waals surface area contributed by atoms with Gasteiger partial charge in [0, 0.05) is 0 Å². The normalized spacial score (nSPS) is 13.3. The Morgan fingerprint density at radius 1 is 0.952 bits per heavy atom. The average molecular weight is 283 g/mol. The molecule has 0 aliphatic heterocycles. The second-order valence-corrected chi connectivity index (χ2v) is 5.14. The van der Waals surface area contributed by atoms with Crippen LogP contribution in [-0.4, -0.2) is 13.0 Å². The molecule has 0 aromatic heterocycles. The van der Waals surface area contributed by atoms with E-state index in [0.717, 1.165) is 16.9 Å². The van der Waals surface area contributed by atoms with Crippen LogP contribution < -0.4 is 10.1 Å². The summed E-state index contributed by atoms with van der Waals surface area (Å²) in [5.74, 6) is 0.686. The van der Waals surface area contributed by atoms with E-state index in [1.54, 1.807) is 7.11 Å². The Hall–Kier alpha value is -2.29. The first-order valence-corrected chi connectivity index (χ1v) is 7.11. The highest BCUT2D eigenvalue weighted by molar-refractivity contribution is 5.83. The van der Waals surface area contributed by atoms with E-state index in [1.165, 1.54) is 0 Å². The summed E-state index contributed by atoms with van der Waals surface area (Å²) in [6.07, 6.45) is 0. The van der Waals surface area contributed by atoms with Crippen LogP contribution in [0.5, 0.6) is 5.75 Å². The highest BCUT2D eigenvalue weighted by Crippen LogP contribution is 2.20. The number of carbonyl (C=O) groups is 1. The maximum atomic E-state index is 12.3. The molecule has 0 bridgehead atoms. The molecule has 2 rings (SSSR count). The van der Waals surface area contributed by atoms with Crippen LogP contribution in [0.4, 0.5) is 0 Å². The van der Waals surface area contributed by atoms with E-state index >= 15 is 0 Å². The highest BCUT2D eigenvalue weighted by atomic mass is 16.5. The van der Waals surface area contributed by atoms with Gasteiger partial charge in [0.15, 0.2) is 0 Å². The second-order valence-electron chi connectivity index (χ2n) is 5.14. The number of hydrogen-bond donors (Lipinski definition) is 1. The summed E-state index contributed by atoms with van der Waals surface area (Å²) in [6.45, 7) is 3.91. The van der Waals surface area contributed by atoms with Gasteiger partial charge in [-0.25, -0.2) is 0 Å². The number of nitrogens with one attached hydrogen (secondary N) is 1. The van der Waals surface area contributed by atoms with Crippen LogP contribution in [0.2, 0.25) is 0 Å². The van der Waals surface area contributed by atoms with Gasteiger partial charge in [0.1, 0.15) is 5.75 Å². The summed E-state index contributed by atoms with van der Waals surface area (Å²) >= 11 is 0. The maximum absolute atomic E-state index is 12.3. The molecule has 0 spiro atoms. The number of benzene rings is 2. The summed E-state index contributed by atoms with van der Waals surface area (Å²) in [5, 5.41) is 3.05. The molecule has 0 saturated heterocycles. The Kier molecular flexibility index (Phi) is 4.99. The number of ether oxygens (including phenoxy) is 1. The second kappa shape index (κ2) is 6.93. The first kappa shape index (κ1) is 15.1. The van der Waals surface area contributed by atoms with Crippen LogP contribution in [0.15, 0.2) is 54.6 Å². The molecule has 0 unspecified atom stereocenters. The third-order valence-corrected chi connectivity index (χ3v) is 3.67. The van der Waals surface area contributed by atoms with E-state index in [-0.39, 0.29) is 17.9 Å². The molecule has 110 valence electrons. The van der Waals surface area contributed by atoms with Crippen molar-refractivity contribution in [3.05, 3.63) is 65.7 Å². The van der Waals surface area contributed by atoms with E-state index in [2.05, 4.69) is 5.32 Å². The predicted molar refractivity (Wildman–Crippen MR) is 84.4 cm³/mol. The summed E-state index contributed by atoms with van der Waals surface area (Å²) in [6, 6.07) is 17.5. The van der Waals surface area contributed by atoms with Crippen molar-refractivity contribution in [1.29, 1.82) is 0 Å². The van der Waals surface area contributed by atoms with E-state index < -0.39 is 0 Å². The van der Waals surface area contributed by atoms with Crippen LogP contribution in [0, 0.1) is 0 Å². The molecule has 3 nitrogen and oxygen atoms in total. The molecule has 1 N–H and O–H groups in total. The van der Waals surface area contributed by atoms with E-state index in [0.29, 0.717) is 0 Å². The first-order valence-electron chi connectivity index (χ1n) is 7.11. The maximum Gasteiger partial charge on any atom is 0.227 e. The van der Waals surface area contributed by atoms with Gasteiger partial charge in [-0.1, -0.05) is 42.5 Å². The fraction of sp³-hybridized carbons (Fsp3) is 0.278. The molecular formula is C18H21NO2. The van der Waals surface area contributed by atoms with Crippen molar-refractivity contribution in [2.24, 2.45) is 0 Å². The van der Waals surface area contributed by atoms with Gasteiger partial charge >= 0.3 is 0 Å². The third-order valence-electron chi connectivity index (χ3n) is 3.67. The zero-order chi connectivity index (χ0) is 15.2. The molecule has 0 saturated carbocycles. The number of rotatable bonds is 5. The smallest absolute Gasteiger partial charge is 0.227 e. The van der Waals surface area contributed by atoms with Crippen molar-refractivity contribution in [2.75, 3.05) is 7.11 Å². The lowest BCUT2D eigenvalue weighted by Crippen LogP contribution is -2.30. The largest absolute Gasteiger partial charge is 0.497 e. The predicted octanol–water partition coefficient (Wildman–Crippen LogP) is 3.68. The average Bonchev–Trinajstić information content (AvgIpc) is 2.55. The molecule has 0 aliphatic rings. The standard InChI is InChI=1S/C18H21NO2/c1-13(15-7-5-4-6-8-15)18(20)19-14(2)16-9-11-17(21-3)12-10-16/h4-14H,1-3H3,(H,19,20)/t13-,14-/m1/s1. The minimum atomic E-state index is -0.160. The van der Waals surface area contributed by atoms with Gasteiger partial charge in [0.25, 0.3) is 0 Å². The number of amides is 1. The van der Waals surface area contributed by atoms with E-state index in [4.69, 9.17) is 4.74 Å². The van der Waals surface area contributed by atoms with E-state index in [1.807, 2.05) is 68.4 Å². The Morgan fingerprint density at radius 3 is 2.14 bits per heavy atom. The van der Waals surface area contributed by atoms with Gasteiger partial charge in [0.05, 0.1) is 19.1 Å². The van der Waals surface area contributed by atoms with Gasteiger partial charge in [0.2, 0.25) is 5.91 Å². The Balaban J connectivity index is 2.01. The molecule has 0 fully saturated rings. The SMILES string of the molecule is COc1ccc([C@@H](C)NC(=O)[C@H](C)c2ccccc2)cc1. The van der Waals surface area contributed by atoms with Crippen LogP contribution >= 0.6 is 0 Å². The lowest BCUT2D eigenvalue weighted by Gasteiger charge is -2.18. The molecule has 0 heterocycles. The van der Waals surface area contributed by atoms with Gasteiger partial charge in [-0.3, -0.25) is 4.79 Å². The summed E-state index contributed by atoms with van der Waals surface area (Å²) < 4.78 is 5.14. The van der Waals surface area contributed by atoms with E-state index in [9.17, 15) is 4.79 Å². The summed E-state index contributed by atoms with van der Waals surface area (Å²) in [5.41, 5.74) is 2.08. The molecule has 21 heavy (non-hydrogen) atoms. The lowest BCUT2D eigenvalue weighted by atomic mass is 9.99. The summed E-state index contributed by atoms with van der Waals surface area (Å²) in [4.78, 5) is 12.3. The van der Waals surface area contributed by atoms with Crippen LogP contribution in [-0.2, 0) is 4.79 Å². The lowest BCUT2D eigenvalue weighted by molar-refractivity contribution is -0.122. The van der Waals surface area contributed by atoms with Crippen molar-refractivity contribution >= 4 is 5.91 Å². The minimum Gasteiger partial charge on any atom is -0.497 e. The van der Waals surface area contributed by atoms with Crippen LogP contribution in [0.25, 0.3) is 0 Å². The monoisotopic (exact) mass is 283 g/mol. The number of hydrogen-bond acceptors (Lipinski definition) is 2. The van der Waals surface area contributed by atoms with Crippen molar-refractivity contribution < 1.29 is 9.53 Å². The molecule has 2 aromatic carbocycles. The van der Waals surface area contributed by atoms with Gasteiger partial charge in [-0.15, -0.1) is 0 Å². The highest BCUT2D eigenvalue weighted by Gasteiger charge is 2.17. The molecule has 1 amide bonds. The van der Waals surface area contributed by atoms with Crippen molar-refractivity contribution in [2.45, 2.75) is 25.8 Å². The van der Waals surface area contributed by atoms with Gasteiger partial charge in [-0.2, -0.15) is 0 Å². The molecular weight excluding hydrogens is 262 g/mol. The molecule has 0 radical (unpaired) electrons. The topological polar surface area (TPSA) is 38.3 Å². The summed E-state index contributed by atoms with van der Waals surface area (Å²) in [7, 11) is 1.64. The third kappa shape index (κ3) is 3.85. The first-order chi connectivity index (χ1) is 10.1. The Labute approximate surface area is 126 Å². The quantitative estimate of drug-likeness (QED) is 0.909. The molecule has 2 aromatic rings. The zero-order valence-electron chi connectivity index (χ0n) is 12.7. The van der Waals surface area contributed by atoms with Crippen molar-refractivity contribution in [3.8, 4) is 5.75 Å². The van der Waals surface area contributed by atoms with Gasteiger partial charge < -0.3 is 10.1 Å². The van der Waals surface area contributed by atoms with Crippen molar-refractivity contribution in [1.82, 2.24) is 5.32 Å². The van der Waals surface area contributed by atoms with Crippen molar-refractivity contribution in [3.63, 3.8) is 0 Å². The Bertz CT molecular complexity index is 578. The fourth-order valence-electron chi connectivity index (χ4n) is 2.21. The minimum absolute atomic E-state index is 0.0320. The number of carbonyl (C=O) groups excluding carboxylic acids is 1.